The molecule has 0 aliphatic heterocycles. The van der Waals surface area contributed by atoms with Gasteiger partial charge in [-0.1, -0.05) is 15.9 Å². The average Bonchev–Trinajstić information content (AvgIpc) is 2.94. The van der Waals surface area contributed by atoms with Crippen LogP contribution in [0.2, 0.25) is 0 Å². The number of hydrogen-bond acceptors (Lipinski definition) is 2. The van der Waals surface area contributed by atoms with Crippen molar-refractivity contribution in [3.05, 3.63) is 21.4 Å². The fourth-order valence-electron chi connectivity index (χ4n) is 2.34. The van der Waals surface area contributed by atoms with E-state index < -0.39 is 0 Å². The summed E-state index contributed by atoms with van der Waals surface area (Å²) in [7, 11) is 0. The van der Waals surface area contributed by atoms with E-state index in [1.807, 2.05) is 0 Å². The van der Waals surface area contributed by atoms with Crippen molar-refractivity contribution in [1.82, 2.24) is 5.32 Å². The number of aryl methyl sites for hydroxylation is 2. The Hall–Kier alpha value is -0.350. The molecule has 3 rings (SSSR count). The van der Waals surface area contributed by atoms with E-state index in [1.165, 1.54) is 29.7 Å². The van der Waals surface area contributed by atoms with Crippen molar-refractivity contribution in [2.24, 2.45) is 5.92 Å². The summed E-state index contributed by atoms with van der Waals surface area (Å²) >= 11 is 5.32. The molecule has 17 heavy (non-hydrogen) atoms. The SMILES string of the molecule is O=C(NCC(Br)C1CC1)c1cc2c(s1)CCC2. The third-order valence-electron chi connectivity index (χ3n) is 3.56. The van der Waals surface area contributed by atoms with Crippen LogP contribution < -0.4 is 5.32 Å². The first-order valence-corrected chi connectivity index (χ1v) is 8.01. The third kappa shape index (κ3) is 2.58. The summed E-state index contributed by atoms with van der Waals surface area (Å²) < 4.78 is 0. The topological polar surface area (TPSA) is 29.1 Å². The van der Waals surface area contributed by atoms with E-state index in [1.54, 1.807) is 11.3 Å². The lowest BCUT2D eigenvalue weighted by molar-refractivity contribution is 0.0957. The van der Waals surface area contributed by atoms with Gasteiger partial charge in [0.15, 0.2) is 0 Å². The molecule has 0 radical (unpaired) electrons. The molecule has 1 aromatic rings. The largest absolute Gasteiger partial charge is 0.350 e. The second kappa shape index (κ2) is 4.73. The second-order valence-electron chi connectivity index (χ2n) is 4.98. The Morgan fingerprint density at radius 1 is 1.53 bits per heavy atom. The van der Waals surface area contributed by atoms with Gasteiger partial charge in [-0.25, -0.2) is 0 Å². The highest BCUT2D eigenvalue weighted by Gasteiger charge is 2.29. The van der Waals surface area contributed by atoms with Gasteiger partial charge >= 0.3 is 0 Å². The molecule has 4 heteroatoms. The molecule has 1 heterocycles. The fraction of sp³-hybridized carbons (Fsp3) is 0.615. The number of carbonyl (C=O) groups is 1. The Balaban J connectivity index is 1.57. The molecule has 2 aliphatic carbocycles. The molecule has 0 saturated heterocycles. The minimum Gasteiger partial charge on any atom is -0.350 e. The van der Waals surface area contributed by atoms with E-state index in [0.717, 1.165) is 30.2 Å². The van der Waals surface area contributed by atoms with Crippen LogP contribution in [0.15, 0.2) is 6.07 Å². The van der Waals surface area contributed by atoms with Crippen molar-refractivity contribution in [3.63, 3.8) is 0 Å². The summed E-state index contributed by atoms with van der Waals surface area (Å²) in [6.45, 7) is 0.756. The number of rotatable bonds is 4. The van der Waals surface area contributed by atoms with Crippen LogP contribution in [0.25, 0.3) is 0 Å². The van der Waals surface area contributed by atoms with Crippen LogP contribution >= 0.6 is 27.3 Å². The third-order valence-corrected chi connectivity index (χ3v) is 5.87. The van der Waals surface area contributed by atoms with E-state index in [-0.39, 0.29) is 5.91 Å². The smallest absolute Gasteiger partial charge is 0.261 e. The number of halogens is 1. The molecular weight excluding hydrogens is 298 g/mol. The first kappa shape index (κ1) is 11.7. The van der Waals surface area contributed by atoms with Crippen molar-refractivity contribution < 1.29 is 4.79 Å². The Morgan fingerprint density at radius 3 is 3.06 bits per heavy atom. The van der Waals surface area contributed by atoms with Gasteiger partial charge < -0.3 is 5.32 Å². The highest BCUT2D eigenvalue weighted by molar-refractivity contribution is 9.09. The van der Waals surface area contributed by atoms with Gasteiger partial charge in [0.25, 0.3) is 5.91 Å². The molecule has 0 spiro atoms. The molecule has 0 aromatic carbocycles. The molecule has 2 aliphatic rings. The number of nitrogens with one attached hydrogen (secondary N) is 1. The van der Waals surface area contributed by atoms with Crippen LogP contribution in [0.4, 0.5) is 0 Å². The maximum Gasteiger partial charge on any atom is 0.261 e. The second-order valence-corrected chi connectivity index (χ2v) is 7.29. The van der Waals surface area contributed by atoms with Gasteiger partial charge in [0.1, 0.15) is 0 Å². The Morgan fingerprint density at radius 2 is 2.35 bits per heavy atom. The maximum absolute atomic E-state index is 12.0. The summed E-state index contributed by atoms with van der Waals surface area (Å²) in [6, 6.07) is 2.09. The predicted molar refractivity (Wildman–Crippen MR) is 74.1 cm³/mol. The normalized spacial score (nSPS) is 20.1. The minimum atomic E-state index is 0.106. The summed E-state index contributed by atoms with van der Waals surface area (Å²) in [5, 5.41) is 3.03. The van der Waals surface area contributed by atoms with Crippen molar-refractivity contribution in [3.8, 4) is 0 Å². The van der Waals surface area contributed by atoms with Crippen LogP contribution in [-0.2, 0) is 12.8 Å². The molecular formula is C13H16BrNOS. The van der Waals surface area contributed by atoms with Crippen molar-refractivity contribution in [2.75, 3.05) is 6.54 Å². The van der Waals surface area contributed by atoms with Crippen molar-refractivity contribution in [1.29, 1.82) is 0 Å². The summed E-state index contributed by atoms with van der Waals surface area (Å²) in [4.78, 5) is 14.8. The first-order chi connectivity index (χ1) is 8.24. The van der Waals surface area contributed by atoms with Crippen LogP contribution in [0.3, 0.4) is 0 Å². The van der Waals surface area contributed by atoms with E-state index in [2.05, 4.69) is 27.3 Å². The number of carbonyl (C=O) groups excluding carboxylic acids is 1. The monoisotopic (exact) mass is 313 g/mol. The summed E-state index contributed by atoms with van der Waals surface area (Å²) in [5.74, 6) is 0.887. The van der Waals surface area contributed by atoms with Crippen molar-refractivity contribution in [2.45, 2.75) is 36.9 Å². The average molecular weight is 314 g/mol. The zero-order valence-corrected chi connectivity index (χ0v) is 12.1. The molecule has 1 fully saturated rings. The van der Waals surface area contributed by atoms with Crippen LogP contribution in [-0.4, -0.2) is 17.3 Å². The molecule has 2 nitrogen and oxygen atoms in total. The van der Waals surface area contributed by atoms with Gasteiger partial charge in [0, 0.05) is 16.2 Å². The Labute approximate surface area is 114 Å². The lowest BCUT2D eigenvalue weighted by atomic mass is 10.2. The van der Waals surface area contributed by atoms with E-state index >= 15 is 0 Å². The van der Waals surface area contributed by atoms with Crippen molar-refractivity contribution >= 4 is 33.2 Å². The zero-order chi connectivity index (χ0) is 11.8. The molecule has 1 unspecified atom stereocenters. The van der Waals surface area contributed by atoms with Gasteiger partial charge in [0.05, 0.1) is 4.88 Å². The number of fused-ring (bicyclic) bond motifs is 1. The van der Waals surface area contributed by atoms with Gasteiger partial charge in [0.2, 0.25) is 0 Å². The van der Waals surface area contributed by atoms with Gasteiger partial charge in [-0.2, -0.15) is 0 Å². The minimum absolute atomic E-state index is 0.106. The number of amides is 1. The van der Waals surface area contributed by atoms with Gasteiger partial charge in [-0.15, -0.1) is 11.3 Å². The number of thiophene rings is 1. The van der Waals surface area contributed by atoms with E-state index in [4.69, 9.17) is 0 Å². The fourth-order valence-corrected chi connectivity index (χ4v) is 4.20. The molecule has 0 bridgehead atoms. The molecule has 1 aromatic heterocycles. The first-order valence-electron chi connectivity index (χ1n) is 6.28. The quantitative estimate of drug-likeness (QED) is 0.850. The number of alkyl halides is 1. The van der Waals surface area contributed by atoms with Crippen LogP contribution in [0.1, 0.15) is 39.4 Å². The standard InChI is InChI=1S/C13H16BrNOS/c14-10(8-4-5-8)7-15-13(16)12-6-9-2-1-3-11(9)17-12/h6,8,10H,1-5,7H2,(H,15,16). The van der Waals surface area contributed by atoms with E-state index in [0.29, 0.717) is 4.83 Å². The Kier molecular flexibility index (Phi) is 3.26. The highest BCUT2D eigenvalue weighted by Crippen LogP contribution is 2.36. The molecule has 1 amide bonds. The predicted octanol–water partition coefficient (Wildman–Crippen LogP) is 3.14. The van der Waals surface area contributed by atoms with Crippen LogP contribution in [0, 0.1) is 5.92 Å². The zero-order valence-electron chi connectivity index (χ0n) is 9.67. The maximum atomic E-state index is 12.0. The molecule has 1 atom stereocenters. The molecule has 1 saturated carbocycles. The summed E-state index contributed by atoms with van der Waals surface area (Å²) in [5.41, 5.74) is 1.40. The summed E-state index contributed by atoms with van der Waals surface area (Å²) in [6.07, 6.45) is 6.19. The van der Waals surface area contributed by atoms with Crippen LogP contribution in [0.5, 0.6) is 0 Å². The van der Waals surface area contributed by atoms with Gasteiger partial charge in [-0.3, -0.25) is 4.79 Å². The van der Waals surface area contributed by atoms with Gasteiger partial charge in [-0.05, 0) is 49.7 Å². The molecule has 92 valence electrons. The number of hydrogen-bond donors (Lipinski definition) is 1. The lowest BCUT2D eigenvalue weighted by Crippen LogP contribution is -2.29. The Bertz CT molecular complexity index is 417. The lowest BCUT2D eigenvalue weighted by Gasteiger charge is -2.08. The highest BCUT2D eigenvalue weighted by atomic mass is 79.9. The molecule has 1 N–H and O–H groups in total. The van der Waals surface area contributed by atoms with E-state index in [9.17, 15) is 4.79 Å².